The Morgan fingerprint density at radius 2 is 2.26 bits per heavy atom. The molecule has 1 saturated heterocycles. The zero-order chi connectivity index (χ0) is 16.2. The van der Waals surface area contributed by atoms with Crippen LogP contribution in [0.2, 0.25) is 5.02 Å². The van der Waals surface area contributed by atoms with Crippen molar-refractivity contribution in [3.63, 3.8) is 0 Å². The van der Waals surface area contributed by atoms with Crippen molar-refractivity contribution in [1.29, 1.82) is 0 Å². The summed E-state index contributed by atoms with van der Waals surface area (Å²) >= 11 is 6.18. The van der Waals surface area contributed by atoms with Crippen molar-refractivity contribution in [3.8, 4) is 11.5 Å². The minimum atomic E-state index is -0.0921. The Kier molecular flexibility index (Phi) is 5.08. The third kappa shape index (κ3) is 4.18. The molecule has 6 heteroatoms. The molecule has 2 heterocycles. The number of fused-ring (bicyclic) bond motifs is 1. The molecule has 2 aliphatic rings. The molecule has 5 nitrogen and oxygen atoms in total. The van der Waals surface area contributed by atoms with E-state index in [1.54, 1.807) is 12.1 Å². The maximum Gasteiger partial charge on any atom is 0.244 e. The van der Waals surface area contributed by atoms with Gasteiger partial charge >= 0.3 is 0 Å². The molecule has 0 aromatic heterocycles. The van der Waals surface area contributed by atoms with Crippen LogP contribution in [0.5, 0.6) is 11.5 Å². The van der Waals surface area contributed by atoms with E-state index in [4.69, 9.17) is 21.1 Å². The van der Waals surface area contributed by atoms with Crippen LogP contribution in [0.4, 0.5) is 0 Å². The number of amides is 1. The lowest BCUT2D eigenvalue weighted by molar-refractivity contribution is -0.116. The number of nitrogens with one attached hydrogen (secondary N) is 1. The van der Waals surface area contributed by atoms with Gasteiger partial charge in [-0.25, -0.2) is 0 Å². The van der Waals surface area contributed by atoms with Gasteiger partial charge in [0.25, 0.3) is 0 Å². The monoisotopic (exact) mass is 336 g/mol. The lowest BCUT2D eigenvalue weighted by Gasteiger charge is -2.19. The van der Waals surface area contributed by atoms with Gasteiger partial charge in [-0.2, -0.15) is 0 Å². The number of ether oxygens (including phenoxy) is 2. The summed E-state index contributed by atoms with van der Waals surface area (Å²) in [4.78, 5) is 14.2. The van der Waals surface area contributed by atoms with Crippen molar-refractivity contribution in [3.05, 3.63) is 28.8 Å². The Morgan fingerprint density at radius 1 is 1.43 bits per heavy atom. The Labute approximate surface area is 141 Å². The number of nitrogens with zero attached hydrogens (tertiary/aromatic N) is 1. The number of hydrogen-bond acceptors (Lipinski definition) is 4. The van der Waals surface area contributed by atoms with E-state index in [-0.39, 0.29) is 5.91 Å². The first kappa shape index (κ1) is 16.1. The standard InChI is InChI=1S/C17H21ClN2O3/c1-20-5-4-13(11-20)10-19-16(21)3-2-12-8-14(18)17-15(9-12)22-6-7-23-17/h2-3,8-9,13H,4-7,10-11H2,1H3,(H,19,21)/b3-2+/t13-/m0/s1. The molecular formula is C17H21ClN2O3. The van der Waals surface area contributed by atoms with Crippen molar-refractivity contribution >= 4 is 23.6 Å². The lowest BCUT2D eigenvalue weighted by Crippen LogP contribution is -2.29. The Balaban J connectivity index is 1.57. The summed E-state index contributed by atoms with van der Waals surface area (Å²) in [6.45, 7) is 3.87. The second-order valence-corrected chi connectivity index (χ2v) is 6.43. The molecule has 1 aromatic carbocycles. The fraction of sp³-hybridized carbons (Fsp3) is 0.471. The summed E-state index contributed by atoms with van der Waals surface area (Å²) in [5, 5.41) is 3.45. The molecule has 0 bridgehead atoms. The van der Waals surface area contributed by atoms with E-state index in [0.29, 0.717) is 35.7 Å². The van der Waals surface area contributed by atoms with Gasteiger partial charge in [-0.05, 0) is 49.7 Å². The van der Waals surface area contributed by atoms with Crippen LogP contribution in [0.15, 0.2) is 18.2 Å². The molecule has 23 heavy (non-hydrogen) atoms. The smallest absolute Gasteiger partial charge is 0.244 e. The van der Waals surface area contributed by atoms with Crippen LogP contribution in [0.1, 0.15) is 12.0 Å². The summed E-state index contributed by atoms with van der Waals surface area (Å²) in [5.41, 5.74) is 0.815. The summed E-state index contributed by atoms with van der Waals surface area (Å²) in [5.74, 6) is 1.65. The highest BCUT2D eigenvalue weighted by Crippen LogP contribution is 2.38. The third-order valence-corrected chi connectivity index (χ3v) is 4.38. The Hall–Kier alpha value is -1.72. The highest BCUT2D eigenvalue weighted by molar-refractivity contribution is 6.32. The predicted octanol–water partition coefficient (Wildman–Crippen LogP) is 2.19. The van der Waals surface area contributed by atoms with E-state index in [1.165, 1.54) is 6.08 Å². The SMILES string of the molecule is CN1CC[C@@H](CNC(=O)/C=C/c2cc(Cl)c3c(c2)OCCO3)C1. The summed E-state index contributed by atoms with van der Waals surface area (Å²) in [7, 11) is 2.10. The number of rotatable bonds is 4. The minimum absolute atomic E-state index is 0.0921. The van der Waals surface area contributed by atoms with Gasteiger partial charge in [-0.15, -0.1) is 0 Å². The highest BCUT2D eigenvalue weighted by atomic mass is 35.5. The van der Waals surface area contributed by atoms with Gasteiger partial charge in [0.2, 0.25) is 5.91 Å². The largest absolute Gasteiger partial charge is 0.486 e. The minimum Gasteiger partial charge on any atom is -0.486 e. The molecule has 0 saturated carbocycles. The molecule has 124 valence electrons. The van der Waals surface area contributed by atoms with E-state index in [9.17, 15) is 4.79 Å². The number of benzene rings is 1. The van der Waals surface area contributed by atoms with Crippen molar-refractivity contribution in [2.75, 3.05) is 39.9 Å². The zero-order valence-electron chi connectivity index (χ0n) is 13.2. The highest BCUT2D eigenvalue weighted by Gasteiger charge is 2.19. The topological polar surface area (TPSA) is 50.8 Å². The van der Waals surface area contributed by atoms with Crippen LogP contribution in [-0.2, 0) is 4.79 Å². The van der Waals surface area contributed by atoms with Crippen LogP contribution in [0.25, 0.3) is 6.08 Å². The van der Waals surface area contributed by atoms with Crippen LogP contribution in [0.3, 0.4) is 0 Å². The molecule has 0 aliphatic carbocycles. The van der Waals surface area contributed by atoms with E-state index in [2.05, 4.69) is 17.3 Å². The number of carbonyl (C=O) groups excluding carboxylic acids is 1. The lowest BCUT2D eigenvalue weighted by atomic mass is 10.1. The van der Waals surface area contributed by atoms with Gasteiger partial charge in [0, 0.05) is 19.2 Å². The number of likely N-dealkylation sites (tertiary alicyclic amines) is 1. The van der Waals surface area contributed by atoms with E-state index < -0.39 is 0 Å². The van der Waals surface area contributed by atoms with Crippen LogP contribution in [-0.4, -0.2) is 50.7 Å². The van der Waals surface area contributed by atoms with E-state index in [0.717, 1.165) is 31.6 Å². The van der Waals surface area contributed by atoms with E-state index in [1.807, 2.05) is 6.07 Å². The van der Waals surface area contributed by atoms with Gasteiger partial charge in [-0.1, -0.05) is 11.6 Å². The molecule has 1 atom stereocenters. The third-order valence-electron chi connectivity index (χ3n) is 4.10. The molecule has 0 unspecified atom stereocenters. The van der Waals surface area contributed by atoms with Gasteiger partial charge in [-0.3, -0.25) is 4.79 Å². The predicted molar refractivity (Wildman–Crippen MR) is 90.1 cm³/mol. The summed E-state index contributed by atoms with van der Waals surface area (Å²) in [6, 6.07) is 3.60. The van der Waals surface area contributed by atoms with Crippen molar-refractivity contribution < 1.29 is 14.3 Å². The van der Waals surface area contributed by atoms with E-state index >= 15 is 0 Å². The molecule has 1 N–H and O–H groups in total. The van der Waals surface area contributed by atoms with Crippen molar-refractivity contribution in [1.82, 2.24) is 10.2 Å². The first-order valence-electron chi connectivity index (χ1n) is 7.85. The first-order chi connectivity index (χ1) is 11.1. The number of hydrogen-bond donors (Lipinski definition) is 1. The quantitative estimate of drug-likeness (QED) is 0.856. The number of halogens is 1. The molecular weight excluding hydrogens is 316 g/mol. The van der Waals surface area contributed by atoms with Crippen molar-refractivity contribution in [2.24, 2.45) is 5.92 Å². The molecule has 3 rings (SSSR count). The maximum atomic E-state index is 11.9. The maximum absolute atomic E-state index is 11.9. The first-order valence-corrected chi connectivity index (χ1v) is 8.23. The molecule has 2 aliphatic heterocycles. The van der Waals surface area contributed by atoms with Crippen LogP contribution >= 0.6 is 11.6 Å². The molecule has 1 fully saturated rings. The second kappa shape index (κ2) is 7.23. The second-order valence-electron chi connectivity index (χ2n) is 6.02. The average molecular weight is 337 g/mol. The average Bonchev–Trinajstić information content (AvgIpc) is 2.96. The molecule has 0 spiro atoms. The van der Waals surface area contributed by atoms with Crippen molar-refractivity contribution in [2.45, 2.75) is 6.42 Å². The Morgan fingerprint density at radius 3 is 3.04 bits per heavy atom. The molecule has 0 radical (unpaired) electrons. The van der Waals surface area contributed by atoms with Gasteiger partial charge in [0.05, 0.1) is 5.02 Å². The van der Waals surface area contributed by atoms with Crippen LogP contribution < -0.4 is 14.8 Å². The number of carbonyl (C=O) groups is 1. The fourth-order valence-corrected chi connectivity index (χ4v) is 3.17. The molecule has 1 aromatic rings. The molecule has 1 amide bonds. The van der Waals surface area contributed by atoms with Gasteiger partial charge in [0.15, 0.2) is 11.5 Å². The van der Waals surface area contributed by atoms with Gasteiger partial charge in [0.1, 0.15) is 13.2 Å². The van der Waals surface area contributed by atoms with Crippen LogP contribution in [0, 0.1) is 5.92 Å². The fourth-order valence-electron chi connectivity index (χ4n) is 2.90. The summed E-state index contributed by atoms with van der Waals surface area (Å²) < 4.78 is 11.0. The summed E-state index contributed by atoms with van der Waals surface area (Å²) in [6.07, 6.45) is 4.40. The Bertz CT molecular complexity index is 618. The zero-order valence-corrected chi connectivity index (χ0v) is 13.9. The normalized spacial score (nSPS) is 20.9. The van der Waals surface area contributed by atoms with Gasteiger partial charge < -0.3 is 19.7 Å².